The number of halogens is 1. The zero-order valence-electron chi connectivity index (χ0n) is 16.9. The van der Waals surface area contributed by atoms with Crippen LogP contribution in [0.5, 0.6) is 0 Å². The summed E-state index contributed by atoms with van der Waals surface area (Å²) < 4.78 is 5.07. The average Bonchev–Trinajstić information content (AvgIpc) is 2.97. The van der Waals surface area contributed by atoms with Crippen molar-refractivity contribution in [1.29, 1.82) is 0 Å². The molecule has 0 aliphatic carbocycles. The lowest BCUT2D eigenvalue weighted by atomic mass is 10.1. The molecule has 1 fully saturated rings. The smallest absolute Gasteiger partial charge is 0.332 e. The van der Waals surface area contributed by atoms with Gasteiger partial charge in [0.15, 0.2) is 0 Å². The number of nitrogens with one attached hydrogen (secondary N) is 1. The van der Waals surface area contributed by atoms with Crippen LogP contribution in [0.4, 0.5) is 16.2 Å². The summed E-state index contributed by atoms with van der Waals surface area (Å²) >= 11 is 5.91. The Morgan fingerprint density at radius 1 is 1.10 bits per heavy atom. The molecule has 30 heavy (non-hydrogen) atoms. The van der Waals surface area contributed by atoms with Crippen LogP contribution in [0.1, 0.15) is 18.9 Å². The number of urea groups is 1. The zero-order chi connectivity index (χ0) is 21.7. The van der Waals surface area contributed by atoms with Crippen molar-refractivity contribution in [2.45, 2.75) is 25.8 Å². The minimum atomic E-state index is -0.904. The Hall–Kier alpha value is -2.90. The second-order valence-corrected chi connectivity index (χ2v) is 7.37. The monoisotopic (exact) mass is 429 g/mol. The molecule has 0 saturated carbocycles. The molecule has 1 aliphatic heterocycles. The third-order valence-electron chi connectivity index (χ3n) is 4.96. The molecule has 2 aromatic rings. The highest BCUT2D eigenvalue weighted by Crippen LogP contribution is 2.28. The third kappa shape index (κ3) is 4.80. The summed E-state index contributed by atoms with van der Waals surface area (Å²) in [5, 5.41) is 3.30. The van der Waals surface area contributed by atoms with Gasteiger partial charge in [-0.1, -0.05) is 30.7 Å². The van der Waals surface area contributed by atoms with E-state index in [0.29, 0.717) is 16.4 Å². The summed E-state index contributed by atoms with van der Waals surface area (Å²) in [6.45, 7) is 2.51. The lowest BCUT2D eigenvalue weighted by Crippen LogP contribution is -2.39. The number of aryl methyl sites for hydroxylation is 1. The highest BCUT2D eigenvalue weighted by atomic mass is 35.5. The largest absolute Gasteiger partial charge is 0.383 e. The maximum atomic E-state index is 13.1. The minimum absolute atomic E-state index is 0.145. The van der Waals surface area contributed by atoms with Crippen molar-refractivity contribution < 1.29 is 19.1 Å². The van der Waals surface area contributed by atoms with Gasteiger partial charge < -0.3 is 15.0 Å². The number of imide groups is 1. The van der Waals surface area contributed by atoms with Gasteiger partial charge in [0.2, 0.25) is 5.91 Å². The predicted octanol–water partition coefficient (Wildman–Crippen LogP) is 3.71. The number of methoxy groups -OCH3 is 1. The first-order chi connectivity index (χ1) is 14.4. The lowest BCUT2D eigenvalue weighted by molar-refractivity contribution is -0.124. The Morgan fingerprint density at radius 3 is 2.37 bits per heavy atom. The first-order valence-electron chi connectivity index (χ1n) is 9.72. The predicted molar refractivity (Wildman–Crippen MR) is 116 cm³/mol. The molecule has 1 N–H and O–H groups in total. The maximum absolute atomic E-state index is 13.1. The van der Waals surface area contributed by atoms with Gasteiger partial charge >= 0.3 is 6.03 Å². The molecule has 1 atom stereocenters. The van der Waals surface area contributed by atoms with Crippen molar-refractivity contribution in [3.8, 4) is 0 Å². The van der Waals surface area contributed by atoms with Crippen LogP contribution < -0.4 is 10.2 Å². The number of amides is 4. The fourth-order valence-corrected chi connectivity index (χ4v) is 3.44. The van der Waals surface area contributed by atoms with Crippen LogP contribution in [0.2, 0.25) is 5.02 Å². The second kappa shape index (κ2) is 9.73. The average molecular weight is 430 g/mol. The molecule has 0 bridgehead atoms. The summed E-state index contributed by atoms with van der Waals surface area (Å²) in [6.07, 6.45) is 0.760. The molecule has 1 heterocycles. The van der Waals surface area contributed by atoms with Gasteiger partial charge in [-0.15, -0.1) is 0 Å². The molecule has 3 rings (SSSR count). The molecule has 4 amide bonds. The number of hydrogen-bond donors (Lipinski definition) is 1. The Balaban J connectivity index is 1.77. The van der Waals surface area contributed by atoms with Crippen molar-refractivity contribution in [2.75, 3.05) is 30.5 Å². The quantitative estimate of drug-likeness (QED) is 0.649. The number of ether oxygens (including phenoxy) is 1. The Morgan fingerprint density at radius 2 is 1.77 bits per heavy atom. The topological polar surface area (TPSA) is 79.0 Å². The number of rotatable bonds is 8. The fourth-order valence-electron chi connectivity index (χ4n) is 3.32. The summed E-state index contributed by atoms with van der Waals surface area (Å²) in [5.74, 6) is -0.791. The van der Waals surface area contributed by atoms with Crippen LogP contribution in [-0.4, -0.2) is 49.0 Å². The molecule has 8 heteroatoms. The lowest BCUT2D eigenvalue weighted by Gasteiger charge is -2.21. The number of carbonyl (C=O) groups excluding carboxylic acids is 3. The first-order valence-corrected chi connectivity index (χ1v) is 10.1. The summed E-state index contributed by atoms with van der Waals surface area (Å²) in [5.41, 5.74) is 2.22. The zero-order valence-corrected chi connectivity index (χ0v) is 17.7. The van der Waals surface area contributed by atoms with Crippen LogP contribution in [0.3, 0.4) is 0 Å². The summed E-state index contributed by atoms with van der Waals surface area (Å²) in [4.78, 5) is 41.1. The van der Waals surface area contributed by atoms with Crippen LogP contribution in [-0.2, 0) is 20.7 Å². The molecule has 158 valence electrons. The van der Waals surface area contributed by atoms with E-state index in [1.807, 2.05) is 24.3 Å². The number of nitrogens with zero attached hydrogens (tertiary/aromatic N) is 2. The van der Waals surface area contributed by atoms with Gasteiger partial charge in [-0.25, -0.2) is 9.69 Å². The Labute approximate surface area is 180 Å². The van der Waals surface area contributed by atoms with Gasteiger partial charge in [0.05, 0.1) is 18.7 Å². The van der Waals surface area contributed by atoms with Gasteiger partial charge in [-0.3, -0.25) is 9.59 Å². The van der Waals surface area contributed by atoms with Crippen LogP contribution in [0.25, 0.3) is 0 Å². The standard InChI is InChI=1S/C22H24ClN3O4/c1-3-15-4-8-17(9-5-15)24-20(27)14-19-21(28)26(18-10-6-16(23)7-11-18)22(29)25(19)12-13-30-2/h4-11,19H,3,12-14H2,1-2H3,(H,24,27). The van der Waals surface area contributed by atoms with Gasteiger partial charge in [0.25, 0.3) is 5.91 Å². The third-order valence-corrected chi connectivity index (χ3v) is 5.22. The van der Waals surface area contributed by atoms with Crippen molar-refractivity contribution in [3.05, 3.63) is 59.1 Å². The molecule has 0 radical (unpaired) electrons. The van der Waals surface area contributed by atoms with Gasteiger partial charge in [-0.05, 0) is 48.4 Å². The first kappa shape index (κ1) is 21.8. The number of anilines is 2. The normalized spacial score (nSPS) is 16.3. The minimum Gasteiger partial charge on any atom is -0.383 e. The summed E-state index contributed by atoms with van der Waals surface area (Å²) in [7, 11) is 1.51. The molecule has 1 unspecified atom stereocenters. The van der Waals surface area contributed by atoms with Crippen molar-refractivity contribution in [1.82, 2.24) is 4.90 Å². The number of benzene rings is 2. The Kier molecular flexibility index (Phi) is 7.07. The molecule has 1 aliphatic rings. The fraction of sp³-hybridized carbons (Fsp3) is 0.318. The maximum Gasteiger partial charge on any atom is 0.332 e. The van der Waals surface area contributed by atoms with Gasteiger partial charge in [0, 0.05) is 24.4 Å². The van der Waals surface area contributed by atoms with E-state index in [1.54, 1.807) is 24.3 Å². The van der Waals surface area contributed by atoms with E-state index in [0.717, 1.165) is 16.9 Å². The summed E-state index contributed by atoms with van der Waals surface area (Å²) in [6, 6.07) is 12.5. The van der Waals surface area contributed by atoms with E-state index in [-0.39, 0.29) is 25.5 Å². The van der Waals surface area contributed by atoms with Crippen LogP contribution >= 0.6 is 11.6 Å². The van der Waals surface area contributed by atoms with E-state index >= 15 is 0 Å². The van der Waals surface area contributed by atoms with Crippen LogP contribution in [0, 0.1) is 0 Å². The van der Waals surface area contributed by atoms with Crippen molar-refractivity contribution >= 4 is 40.8 Å². The Bertz CT molecular complexity index is 915. The molecule has 1 saturated heterocycles. The molecule has 0 spiro atoms. The van der Waals surface area contributed by atoms with E-state index in [1.165, 1.54) is 12.0 Å². The molecular weight excluding hydrogens is 406 g/mol. The van der Waals surface area contributed by atoms with Crippen molar-refractivity contribution in [2.24, 2.45) is 0 Å². The highest BCUT2D eigenvalue weighted by molar-refractivity contribution is 6.30. The van der Waals surface area contributed by atoms with E-state index in [2.05, 4.69) is 12.2 Å². The van der Waals surface area contributed by atoms with Gasteiger partial charge in [-0.2, -0.15) is 0 Å². The van der Waals surface area contributed by atoms with E-state index < -0.39 is 18.0 Å². The van der Waals surface area contributed by atoms with E-state index in [9.17, 15) is 14.4 Å². The highest BCUT2D eigenvalue weighted by Gasteiger charge is 2.46. The van der Waals surface area contributed by atoms with Crippen molar-refractivity contribution in [3.63, 3.8) is 0 Å². The number of hydrogen-bond acceptors (Lipinski definition) is 4. The molecular formula is C22H24ClN3O4. The SMILES string of the molecule is CCc1ccc(NC(=O)CC2C(=O)N(c3ccc(Cl)cc3)C(=O)N2CCOC)cc1. The second-order valence-electron chi connectivity index (χ2n) is 6.94. The van der Waals surface area contributed by atoms with E-state index in [4.69, 9.17) is 16.3 Å². The molecule has 0 aromatic heterocycles. The molecule has 2 aromatic carbocycles. The number of carbonyl (C=O) groups is 3. The van der Waals surface area contributed by atoms with Gasteiger partial charge in [0.1, 0.15) is 6.04 Å². The van der Waals surface area contributed by atoms with Crippen LogP contribution in [0.15, 0.2) is 48.5 Å². The molecule has 7 nitrogen and oxygen atoms in total.